The molecule has 2 atom stereocenters. The van der Waals surface area contributed by atoms with Crippen molar-refractivity contribution in [3.05, 3.63) is 54.0 Å². The molecule has 0 radical (unpaired) electrons. The molecule has 2 aromatic rings. The van der Waals surface area contributed by atoms with E-state index in [-0.39, 0.29) is 0 Å². The summed E-state index contributed by atoms with van der Waals surface area (Å²) in [5.74, 6) is 1.43. The maximum absolute atomic E-state index is 5.75. The minimum atomic E-state index is 0.367. The van der Waals surface area contributed by atoms with Crippen LogP contribution in [0, 0.1) is 0 Å². The molecule has 2 heterocycles. The highest BCUT2D eigenvalue weighted by Gasteiger charge is 2.30. The summed E-state index contributed by atoms with van der Waals surface area (Å²) in [6, 6.07) is 10.7. The van der Waals surface area contributed by atoms with Crippen LogP contribution < -0.4 is 10.1 Å². The van der Waals surface area contributed by atoms with Crippen molar-refractivity contribution in [1.82, 2.24) is 5.32 Å². The van der Waals surface area contributed by atoms with Crippen molar-refractivity contribution in [3.63, 3.8) is 0 Å². The molecule has 3 nitrogen and oxygen atoms in total. The molecule has 0 saturated heterocycles. The van der Waals surface area contributed by atoms with Crippen LogP contribution in [0.1, 0.15) is 17.0 Å². The maximum atomic E-state index is 5.75. The first-order chi connectivity index (χ1) is 8.88. The third-order valence-corrected chi connectivity index (χ3v) is 3.63. The van der Waals surface area contributed by atoms with Crippen LogP contribution in [-0.2, 0) is 6.42 Å². The van der Waals surface area contributed by atoms with E-state index in [1.807, 2.05) is 31.5 Å². The van der Waals surface area contributed by atoms with Gasteiger partial charge in [-0.3, -0.25) is 0 Å². The zero-order valence-corrected chi connectivity index (χ0v) is 10.4. The van der Waals surface area contributed by atoms with Gasteiger partial charge in [0.2, 0.25) is 0 Å². The lowest BCUT2D eigenvalue weighted by Gasteiger charge is -2.21. The van der Waals surface area contributed by atoms with Crippen molar-refractivity contribution in [1.29, 1.82) is 0 Å². The molecule has 0 bridgehead atoms. The van der Waals surface area contributed by atoms with Crippen LogP contribution >= 0.6 is 0 Å². The molecule has 1 aliphatic rings. The summed E-state index contributed by atoms with van der Waals surface area (Å²) in [6.45, 7) is 0.753. The smallest absolute Gasteiger partial charge is 0.122 e. The molecule has 1 aliphatic heterocycles. The highest BCUT2D eigenvalue weighted by molar-refractivity contribution is 5.40. The lowest BCUT2D eigenvalue weighted by Crippen LogP contribution is -2.34. The van der Waals surface area contributed by atoms with Gasteiger partial charge in [0.05, 0.1) is 19.1 Å². The minimum Gasteiger partial charge on any atom is -0.493 e. The van der Waals surface area contributed by atoms with Crippen LogP contribution in [-0.4, -0.2) is 19.7 Å². The number of hydrogen-bond acceptors (Lipinski definition) is 3. The number of furan rings is 1. The third kappa shape index (κ3) is 2.02. The summed E-state index contributed by atoms with van der Waals surface area (Å²) in [7, 11) is 2.01. The Morgan fingerprint density at radius 3 is 3.00 bits per heavy atom. The van der Waals surface area contributed by atoms with Gasteiger partial charge in [-0.1, -0.05) is 18.2 Å². The standard InChI is InChI=1S/C15H17NO2/c1-16-14(8-11-6-7-17-9-11)13-10-18-15-5-3-2-4-12(13)15/h2-7,9,13-14,16H,8,10H2,1H3. The van der Waals surface area contributed by atoms with Crippen LogP contribution in [0.25, 0.3) is 0 Å². The Hall–Kier alpha value is -1.74. The number of benzene rings is 1. The van der Waals surface area contributed by atoms with E-state index >= 15 is 0 Å². The molecule has 3 heteroatoms. The van der Waals surface area contributed by atoms with Gasteiger partial charge in [-0.25, -0.2) is 0 Å². The van der Waals surface area contributed by atoms with Gasteiger partial charge in [-0.15, -0.1) is 0 Å². The zero-order chi connectivity index (χ0) is 12.4. The Morgan fingerprint density at radius 2 is 2.22 bits per heavy atom. The van der Waals surface area contributed by atoms with Gasteiger partial charge in [-0.05, 0) is 31.2 Å². The van der Waals surface area contributed by atoms with E-state index in [2.05, 4.69) is 17.4 Å². The quantitative estimate of drug-likeness (QED) is 0.896. The molecular formula is C15H17NO2. The predicted octanol–water partition coefficient (Wildman–Crippen LogP) is 2.59. The summed E-state index contributed by atoms with van der Waals surface area (Å²) >= 11 is 0. The van der Waals surface area contributed by atoms with Crippen LogP contribution in [0.15, 0.2) is 47.3 Å². The molecule has 0 saturated carbocycles. The van der Waals surface area contributed by atoms with Gasteiger partial charge in [0, 0.05) is 17.5 Å². The monoisotopic (exact) mass is 243 g/mol. The number of fused-ring (bicyclic) bond motifs is 1. The van der Waals surface area contributed by atoms with Crippen molar-refractivity contribution < 1.29 is 9.15 Å². The van der Waals surface area contributed by atoms with Gasteiger partial charge in [0.25, 0.3) is 0 Å². The average molecular weight is 243 g/mol. The maximum Gasteiger partial charge on any atom is 0.122 e. The second kappa shape index (κ2) is 4.86. The van der Waals surface area contributed by atoms with E-state index in [0.29, 0.717) is 12.0 Å². The highest BCUT2D eigenvalue weighted by Crippen LogP contribution is 2.36. The van der Waals surface area contributed by atoms with Crippen LogP contribution in [0.2, 0.25) is 0 Å². The number of likely N-dealkylation sites (N-methyl/N-ethyl adjacent to an activating group) is 1. The van der Waals surface area contributed by atoms with Crippen molar-refractivity contribution in [2.24, 2.45) is 0 Å². The summed E-state index contributed by atoms with van der Waals surface area (Å²) < 4.78 is 10.9. The summed E-state index contributed by atoms with van der Waals surface area (Å²) in [6.07, 6.45) is 4.49. The molecule has 2 unspecified atom stereocenters. The van der Waals surface area contributed by atoms with Crippen LogP contribution in [0.5, 0.6) is 5.75 Å². The van der Waals surface area contributed by atoms with E-state index in [1.165, 1.54) is 11.1 Å². The molecule has 0 spiro atoms. The first-order valence-corrected chi connectivity index (χ1v) is 6.28. The topological polar surface area (TPSA) is 34.4 Å². The summed E-state index contributed by atoms with van der Waals surface area (Å²) in [5, 5.41) is 3.40. The summed E-state index contributed by atoms with van der Waals surface area (Å²) in [4.78, 5) is 0. The number of hydrogen-bond donors (Lipinski definition) is 1. The van der Waals surface area contributed by atoms with Crippen molar-refractivity contribution in [2.75, 3.05) is 13.7 Å². The van der Waals surface area contributed by atoms with Gasteiger partial charge >= 0.3 is 0 Å². The predicted molar refractivity (Wildman–Crippen MR) is 69.9 cm³/mol. The summed E-state index contributed by atoms with van der Waals surface area (Å²) in [5.41, 5.74) is 2.53. The SMILES string of the molecule is CNC(Cc1ccoc1)C1COc2ccccc21. The Labute approximate surface area is 107 Å². The molecule has 3 rings (SSSR count). The largest absolute Gasteiger partial charge is 0.493 e. The normalized spacial score (nSPS) is 19.3. The zero-order valence-electron chi connectivity index (χ0n) is 10.4. The molecule has 1 N–H and O–H groups in total. The van der Waals surface area contributed by atoms with Crippen LogP contribution in [0.4, 0.5) is 0 Å². The fourth-order valence-corrected chi connectivity index (χ4v) is 2.63. The fraction of sp³-hybridized carbons (Fsp3) is 0.333. The Bertz CT molecular complexity index is 507. The fourth-order valence-electron chi connectivity index (χ4n) is 2.63. The van der Waals surface area contributed by atoms with Crippen molar-refractivity contribution in [2.45, 2.75) is 18.4 Å². The van der Waals surface area contributed by atoms with Crippen LogP contribution in [0.3, 0.4) is 0 Å². The van der Waals surface area contributed by atoms with E-state index in [1.54, 1.807) is 6.26 Å². The number of ether oxygens (including phenoxy) is 1. The van der Waals surface area contributed by atoms with Gasteiger partial charge in [-0.2, -0.15) is 0 Å². The first-order valence-electron chi connectivity index (χ1n) is 6.28. The Kier molecular flexibility index (Phi) is 3.07. The van der Waals surface area contributed by atoms with E-state index in [4.69, 9.17) is 9.15 Å². The molecule has 94 valence electrons. The van der Waals surface area contributed by atoms with Crippen molar-refractivity contribution in [3.8, 4) is 5.75 Å². The van der Waals surface area contributed by atoms with Crippen molar-refractivity contribution >= 4 is 0 Å². The third-order valence-electron chi connectivity index (χ3n) is 3.63. The van der Waals surface area contributed by atoms with Gasteiger partial charge in [0.15, 0.2) is 0 Å². The molecule has 0 fully saturated rings. The van der Waals surface area contributed by atoms with E-state index in [0.717, 1.165) is 18.8 Å². The number of para-hydroxylation sites is 1. The van der Waals surface area contributed by atoms with Gasteiger partial charge in [0.1, 0.15) is 5.75 Å². The lowest BCUT2D eigenvalue weighted by atomic mass is 9.90. The molecule has 0 aliphatic carbocycles. The van der Waals surface area contributed by atoms with E-state index < -0.39 is 0 Å². The Balaban J connectivity index is 1.81. The average Bonchev–Trinajstić information content (AvgIpc) is 3.05. The Morgan fingerprint density at radius 1 is 1.33 bits per heavy atom. The lowest BCUT2D eigenvalue weighted by molar-refractivity contribution is 0.301. The second-order valence-corrected chi connectivity index (χ2v) is 4.69. The molecule has 18 heavy (non-hydrogen) atoms. The van der Waals surface area contributed by atoms with Gasteiger partial charge < -0.3 is 14.5 Å². The number of rotatable bonds is 4. The molecule has 1 aromatic heterocycles. The minimum absolute atomic E-state index is 0.367. The molecule has 1 aromatic carbocycles. The molecular weight excluding hydrogens is 226 g/mol. The highest BCUT2D eigenvalue weighted by atomic mass is 16.5. The molecule has 0 amide bonds. The number of nitrogens with one attached hydrogen (secondary N) is 1. The van der Waals surface area contributed by atoms with E-state index in [9.17, 15) is 0 Å². The second-order valence-electron chi connectivity index (χ2n) is 4.69. The first kappa shape index (κ1) is 11.4.